The molecule has 8 nitrogen and oxygen atoms in total. The van der Waals surface area contributed by atoms with Crippen molar-refractivity contribution < 1.29 is 4.74 Å². The van der Waals surface area contributed by atoms with Gasteiger partial charge in [0.05, 0.1) is 25.1 Å². The third kappa shape index (κ3) is 3.36. The Labute approximate surface area is 178 Å². The lowest BCUT2D eigenvalue weighted by Crippen LogP contribution is -2.36. The fourth-order valence-electron chi connectivity index (χ4n) is 3.97. The van der Waals surface area contributed by atoms with Crippen LogP contribution in [0.3, 0.4) is 0 Å². The van der Waals surface area contributed by atoms with Crippen molar-refractivity contribution in [2.75, 3.05) is 36.5 Å². The predicted molar refractivity (Wildman–Crippen MR) is 121 cm³/mol. The van der Waals surface area contributed by atoms with E-state index in [0.29, 0.717) is 11.5 Å². The average Bonchev–Trinajstić information content (AvgIpc) is 3.49. The second kappa shape index (κ2) is 7.41. The molecule has 1 aliphatic rings. The van der Waals surface area contributed by atoms with Gasteiger partial charge in [0.25, 0.3) is 0 Å². The molecule has 0 saturated carbocycles. The molecular weight excluding hydrogens is 390 g/mol. The zero-order valence-electron chi connectivity index (χ0n) is 16.8. The fraction of sp³-hybridized carbons (Fsp3) is 0.174. The van der Waals surface area contributed by atoms with Gasteiger partial charge in [0.15, 0.2) is 11.5 Å². The molecular formula is C23H21N7O. The third-order valence-corrected chi connectivity index (χ3v) is 5.62. The molecule has 2 N–H and O–H groups in total. The van der Waals surface area contributed by atoms with Crippen molar-refractivity contribution in [3.05, 3.63) is 67.3 Å². The van der Waals surface area contributed by atoms with E-state index in [1.54, 1.807) is 10.8 Å². The molecule has 0 amide bonds. The Bertz CT molecular complexity index is 1350. The highest BCUT2D eigenvalue weighted by atomic mass is 16.5. The Balaban J connectivity index is 1.33. The van der Waals surface area contributed by atoms with Crippen LogP contribution in [0.25, 0.3) is 27.8 Å². The number of aromatic amines is 1. The number of hydrogen-bond donors (Lipinski definition) is 2. The quantitative estimate of drug-likeness (QED) is 0.467. The highest BCUT2D eigenvalue weighted by Crippen LogP contribution is 2.27. The summed E-state index contributed by atoms with van der Waals surface area (Å²) in [5.41, 5.74) is 5.74. The van der Waals surface area contributed by atoms with Gasteiger partial charge in [0.1, 0.15) is 6.33 Å². The third-order valence-electron chi connectivity index (χ3n) is 5.62. The molecule has 0 radical (unpaired) electrons. The van der Waals surface area contributed by atoms with Crippen molar-refractivity contribution in [3.8, 4) is 11.3 Å². The molecule has 1 saturated heterocycles. The minimum atomic E-state index is 0.667. The molecule has 0 unspecified atom stereocenters. The van der Waals surface area contributed by atoms with E-state index in [1.165, 1.54) is 11.1 Å². The maximum absolute atomic E-state index is 5.44. The molecule has 6 rings (SSSR count). The van der Waals surface area contributed by atoms with Gasteiger partial charge >= 0.3 is 0 Å². The zero-order chi connectivity index (χ0) is 20.6. The molecule has 3 aromatic heterocycles. The van der Waals surface area contributed by atoms with Gasteiger partial charge < -0.3 is 19.9 Å². The first kappa shape index (κ1) is 17.9. The number of nitrogens with one attached hydrogen (secondary N) is 2. The zero-order valence-corrected chi connectivity index (χ0v) is 16.8. The van der Waals surface area contributed by atoms with Crippen LogP contribution in [0.4, 0.5) is 17.2 Å². The summed E-state index contributed by atoms with van der Waals surface area (Å²) in [6.45, 7) is 3.38. The predicted octanol–water partition coefficient (Wildman–Crippen LogP) is 3.85. The summed E-state index contributed by atoms with van der Waals surface area (Å²) in [6.07, 6.45) is 5.39. The Kier molecular flexibility index (Phi) is 4.28. The van der Waals surface area contributed by atoms with Gasteiger partial charge in [-0.3, -0.25) is 0 Å². The topological polar surface area (TPSA) is 83.4 Å². The second-order valence-electron chi connectivity index (χ2n) is 7.55. The molecule has 5 aromatic rings. The summed E-state index contributed by atoms with van der Waals surface area (Å²) >= 11 is 0. The van der Waals surface area contributed by atoms with Crippen molar-refractivity contribution in [1.82, 2.24) is 24.6 Å². The average molecular weight is 411 g/mol. The summed E-state index contributed by atoms with van der Waals surface area (Å²) < 4.78 is 7.20. The van der Waals surface area contributed by atoms with E-state index in [9.17, 15) is 0 Å². The van der Waals surface area contributed by atoms with Crippen molar-refractivity contribution in [3.63, 3.8) is 0 Å². The number of H-pyrrole nitrogens is 1. The maximum atomic E-state index is 5.44. The number of benzene rings is 2. The smallest absolute Gasteiger partial charge is 0.198 e. The largest absolute Gasteiger partial charge is 0.378 e. The number of morpholine rings is 1. The van der Waals surface area contributed by atoms with E-state index in [2.05, 4.69) is 73.8 Å². The molecule has 31 heavy (non-hydrogen) atoms. The van der Waals surface area contributed by atoms with Crippen LogP contribution in [0.2, 0.25) is 0 Å². The number of aromatic nitrogens is 5. The van der Waals surface area contributed by atoms with E-state index >= 15 is 0 Å². The standard InChI is InChI=1S/C23H21N7O/c1-2-17(13-20-16(1)7-8-24-20)21-14-30-23(25-15-26-30)22(28-21)27-18-3-5-19(6-4-18)29-9-11-31-12-10-29/h1-8,13-15,24H,9-12H2,(H,27,28). The summed E-state index contributed by atoms with van der Waals surface area (Å²) in [7, 11) is 0. The number of rotatable bonds is 4. The van der Waals surface area contributed by atoms with Crippen LogP contribution < -0.4 is 10.2 Å². The number of nitrogens with zero attached hydrogens (tertiary/aromatic N) is 5. The monoisotopic (exact) mass is 411 g/mol. The van der Waals surface area contributed by atoms with E-state index in [0.717, 1.165) is 48.8 Å². The Morgan fingerprint density at radius 1 is 1.00 bits per heavy atom. The Hall–Kier alpha value is -3.91. The Morgan fingerprint density at radius 3 is 2.74 bits per heavy atom. The van der Waals surface area contributed by atoms with Crippen LogP contribution >= 0.6 is 0 Å². The number of fused-ring (bicyclic) bond motifs is 2. The van der Waals surface area contributed by atoms with Crippen LogP contribution in [0.15, 0.2) is 67.3 Å². The van der Waals surface area contributed by atoms with E-state index in [4.69, 9.17) is 9.72 Å². The van der Waals surface area contributed by atoms with Crippen LogP contribution in [-0.2, 0) is 4.74 Å². The van der Waals surface area contributed by atoms with Gasteiger partial charge in [-0.2, -0.15) is 5.10 Å². The molecule has 154 valence electrons. The van der Waals surface area contributed by atoms with Crippen molar-refractivity contribution in [1.29, 1.82) is 0 Å². The van der Waals surface area contributed by atoms with Crippen molar-refractivity contribution in [2.45, 2.75) is 0 Å². The fourth-order valence-corrected chi connectivity index (χ4v) is 3.97. The lowest BCUT2D eigenvalue weighted by molar-refractivity contribution is 0.122. The van der Waals surface area contributed by atoms with Crippen LogP contribution in [0.5, 0.6) is 0 Å². The molecule has 0 bridgehead atoms. The van der Waals surface area contributed by atoms with Crippen LogP contribution in [-0.4, -0.2) is 50.9 Å². The summed E-state index contributed by atoms with van der Waals surface area (Å²) in [4.78, 5) is 14.8. The SMILES string of the molecule is c1nc2c(Nc3ccc(N4CCOCC4)cc3)nc(-c3ccc4cc[nH]c4c3)cn2n1. The maximum Gasteiger partial charge on any atom is 0.198 e. The Morgan fingerprint density at radius 2 is 1.87 bits per heavy atom. The second-order valence-corrected chi connectivity index (χ2v) is 7.55. The van der Waals surface area contributed by atoms with E-state index in [1.807, 2.05) is 12.4 Å². The molecule has 0 aliphatic carbocycles. The first-order valence-electron chi connectivity index (χ1n) is 10.3. The van der Waals surface area contributed by atoms with Gasteiger partial charge in [-0.15, -0.1) is 0 Å². The normalized spacial score (nSPS) is 14.4. The van der Waals surface area contributed by atoms with Crippen LogP contribution in [0.1, 0.15) is 0 Å². The van der Waals surface area contributed by atoms with Gasteiger partial charge in [0, 0.05) is 41.7 Å². The van der Waals surface area contributed by atoms with Crippen LogP contribution in [0, 0.1) is 0 Å². The van der Waals surface area contributed by atoms with Crippen molar-refractivity contribution in [2.24, 2.45) is 0 Å². The molecule has 2 aromatic carbocycles. The van der Waals surface area contributed by atoms with Gasteiger partial charge in [-0.25, -0.2) is 14.5 Å². The molecule has 0 spiro atoms. The molecule has 1 aliphatic heterocycles. The molecule has 1 fully saturated rings. The lowest BCUT2D eigenvalue weighted by Gasteiger charge is -2.28. The number of ether oxygens (including phenoxy) is 1. The van der Waals surface area contributed by atoms with Gasteiger partial charge in [-0.05, 0) is 41.8 Å². The first-order chi connectivity index (χ1) is 15.3. The van der Waals surface area contributed by atoms with Gasteiger partial charge in [-0.1, -0.05) is 12.1 Å². The van der Waals surface area contributed by atoms with Gasteiger partial charge in [0.2, 0.25) is 0 Å². The summed E-state index contributed by atoms with van der Waals surface area (Å²) in [6, 6.07) is 16.7. The molecule has 8 heteroatoms. The highest BCUT2D eigenvalue weighted by molar-refractivity contribution is 5.84. The molecule has 0 atom stereocenters. The van der Waals surface area contributed by atoms with E-state index < -0.39 is 0 Å². The summed E-state index contributed by atoms with van der Waals surface area (Å²) in [5.74, 6) is 0.667. The lowest BCUT2D eigenvalue weighted by atomic mass is 10.1. The summed E-state index contributed by atoms with van der Waals surface area (Å²) in [5, 5.41) is 8.92. The minimum absolute atomic E-state index is 0.667. The molecule has 4 heterocycles. The number of hydrogen-bond acceptors (Lipinski definition) is 6. The van der Waals surface area contributed by atoms with Crippen molar-refractivity contribution >= 4 is 33.7 Å². The highest BCUT2D eigenvalue weighted by Gasteiger charge is 2.13. The number of anilines is 3. The van der Waals surface area contributed by atoms with E-state index in [-0.39, 0.29) is 0 Å². The minimum Gasteiger partial charge on any atom is -0.378 e. The first-order valence-corrected chi connectivity index (χ1v) is 10.3.